The molecule has 8 aliphatic rings. The third-order valence-electron chi connectivity index (χ3n) is 19.1. The number of alkyl carbamates (subject to hydrolysis) is 1. The van der Waals surface area contributed by atoms with Crippen molar-refractivity contribution in [2.24, 2.45) is 69.3 Å². The summed E-state index contributed by atoms with van der Waals surface area (Å²) in [6.07, 6.45) is -7.80. The van der Waals surface area contributed by atoms with E-state index >= 15 is 0 Å². The van der Waals surface area contributed by atoms with Gasteiger partial charge in [-0.05, 0) is 97.7 Å². The molecule has 414 valence electrons. The maximum atomic E-state index is 13.4. The van der Waals surface area contributed by atoms with E-state index < -0.39 is 136 Å². The molecule has 27 atom stereocenters. The van der Waals surface area contributed by atoms with Crippen molar-refractivity contribution in [2.45, 2.75) is 234 Å². The SMILES string of the molecule is CC(C)CCCC(C)[C@H]1CCC2C3CC=C4CC(OC(=O)NCC5O[C@H](O[C@@H]6C(O)[C@H](O[C@@H]7C(O)[C@H](N)CC(N)[C@@H]7O[C@@H]7OC(CO)[C@H](O)[C@H](O)C7N)O[C@@H]6CO)[C@H](N)C(O)[C@@H]5O)CC[C@]4(C)C3CC[C@@]21C. The Morgan fingerprint density at radius 1 is 0.708 bits per heavy atom. The second-order valence-electron chi connectivity index (χ2n) is 23.9. The predicted molar refractivity (Wildman–Crippen MR) is 259 cm³/mol. The van der Waals surface area contributed by atoms with Crippen molar-refractivity contribution >= 4 is 6.09 Å². The minimum atomic E-state index is -1.70. The second kappa shape index (κ2) is 23.1. The summed E-state index contributed by atoms with van der Waals surface area (Å²) in [6, 6.07) is -4.53. The second-order valence-corrected chi connectivity index (χ2v) is 23.9. The quantitative estimate of drug-likeness (QED) is 0.0852. The van der Waals surface area contributed by atoms with Crippen LogP contribution in [-0.4, -0.2) is 189 Å². The lowest BCUT2D eigenvalue weighted by Gasteiger charge is -2.58. The standard InChI is InChI=1S/C51H89N5O16/c1-22(2)7-6-8-23(3)27-11-12-28-26-10-9-24-17-25(13-15-50(24,4)29(26)14-16-51(27,28)5)66-49(65)56-19-32-38(60)40(62)35(54)46(67-32)71-44-34(21-58)69-48(42(44)64)72-45-37(59)30(52)18-31(53)43(45)70-47-36(55)41(63)39(61)33(20-57)68-47/h9,22-23,25-48,57-64H,6-8,10-21,52-55H2,1-5H3,(H,56,65)/t23?,25?,26?,27-,28?,29?,30-,31?,32?,33?,34-,35-,36?,37?,38-,39+,40?,41-,42?,43+,44+,45-,46-,47+,48+,50+,51-/m1/s1. The lowest BCUT2D eigenvalue weighted by atomic mass is 9.47. The number of nitrogens with two attached hydrogens (primary N) is 4. The van der Waals surface area contributed by atoms with Crippen molar-refractivity contribution in [1.29, 1.82) is 0 Å². The fourth-order valence-electron chi connectivity index (χ4n) is 14.8. The van der Waals surface area contributed by atoms with Crippen molar-refractivity contribution in [2.75, 3.05) is 19.8 Å². The summed E-state index contributed by atoms with van der Waals surface area (Å²) in [6.45, 7) is 10.5. The van der Waals surface area contributed by atoms with E-state index in [2.05, 4.69) is 46.0 Å². The number of aliphatic hydroxyl groups is 8. The van der Waals surface area contributed by atoms with Crippen LogP contribution in [0.5, 0.6) is 0 Å². The van der Waals surface area contributed by atoms with Gasteiger partial charge in [-0.2, -0.15) is 0 Å². The van der Waals surface area contributed by atoms with Crippen molar-refractivity contribution in [3.63, 3.8) is 0 Å². The highest BCUT2D eigenvalue weighted by molar-refractivity contribution is 5.67. The minimum absolute atomic E-state index is 0.0398. The highest BCUT2D eigenvalue weighted by Crippen LogP contribution is 2.67. The van der Waals surface area contributed by atoms with Gasteiger partial charge in [0.05, 0.1) is 31.4 Å². The number of nitrogens with one attached hydrogen (secondary N) is 1. The Hall–Kier alpha value is -1.71. The molecule has 0 spiro atoms. The Labute approximate surface area is 423 Å². The summed E-state index contributed by atoms with van der Waals surface area (Å²) >= 11 is 0. The summed E-state index contributed by atoms with van der Waals surface area (Å²) < 4.78 is 41.7. The number of fused-ring (bicyclic) bond motifs is 5. The summed E-state index contributed by atoms with van der Waals surface area (Å²) in [5.41, 5.74) is 26.9. The van der Waals surface area contributed by atoms with E-state index in [-0.39, 0.29) is 24.5 Å². The van der Waals surface area contributed by atoms with Gasteiger partial charge in [-0.1, -0.05) is 65.5 Å². The molecule has 21 heteroatoms. The van der Waals surface area contributed by atoms with Gasteiger partial charge >= 0.3 is 6.09 Å². The normalized spacial score (nSPS) is 49.9. The number of carbonyl (C=O) groups excluding carboxylic acids is 1. The van der Waals surface area contributed by atoms with Gasteiger partial charge in [-0.15, -0.1) is 0 Å². The Bertz CT molecular complexity index is 1840. The summed E-state index contributed by atoms with van der Waals surface area (Å²) in [4.78, 5) is 13.4. The molecule has 0 aromatic heterocycles. The molecule has 21 nitrogen and oxygen atoms in total. The molecule has 12 unspecified atom stereocenters. The number of ether oxygens (including phenoxy) is 7. The fraction of sp³-hybridized carbons (Fsp3) is 0.941. The number of allylic oxidation sites excluding steroid dienone is 1. The zero-order valence-electron chi connectivity index (χ0n) is 42.8. The number of amides is 1. The lowest BCUT2D eigenvalue weighted by Crippen LogP contribution is -2.68. The van der Waals surface area contributed by atoms with Crippen molar-refractivity contribution in [1.82, 2.24) is 5.32 Å². The molecular formula is C51H89N5O16. The highest BCUT2D eigenvalue weighted by Gasteiger charge is 2.60. The summed E-state index contributed by atoms with van der Waals surface area (Å²) in [5, 5.41) is 88.5. The van der Waals surface area contributed by atoms with Gasteiger partial charge in [0, 0.05) is 25.0 Å². The van der Waals surface area contributed by atoms with Crippen LogP contribution >= 0.6 is 0 Å². The molecule has 0 radical (unpaired) electrons. The molecule has 3 saturated heterocycles. The van der Waals surface area contributed by atoms with E-state index in [1.165, 1.54) is 50.5 Å². The van der Waals surface area contributed by atoms with Crippen molar-refractivity contribution < 1.29 is 78.8 Å². The zero-order chi connectivity index (χ0) is 52.1. The van der Waals surface area contributed by atoms with E-state index in [0.717, 1.165) is 42.9 Å². The monoisotopic (exact) mass is 1030 g/mol. The molecule has 7 fully saturated rings. The molecule has 3 heterocycles. The molecule has 0 aromatic carbocycles. The molecule has 4 saturated carbocycles. The predicted octanol–water partition coefficient (Wildman–Crippen LogP) is -0.684. The molecule has 0 bridgehead atoms. The van der Waals surface area contributed by atoms with Gasteiger partial charge < -0.3 is 102 Å². The fourth-order valence-corrected chi connectivity index (χ4v) is 14.8. The van der Waals surface area contributed by atoms with E-state index in [1.54, 1.807) is 0 Å². The van der Waals surface area contributed by atoms with Crippen LogP contribution in [0.25, 0.3) is 0 Å². The first kappa shape index (κ1) is 56.5. The van der Waals surface area contributed by atoms with Crippen LogP contribution in [0.15, 0.2) is 11.6 Å². The maximum absolute atomic E-state index is 13.4. The van der Waals surface area contributed by atoms with Gasteiger partial charge in [0.25, 0.3) is 0 Å². The number of aliphatic hydroxyl groups excluding tert-OH is 8. The number of hydrogen-bond donors (Lipinski definition) is 13. The maximum Gasteiger partial charge on any atom is 0.407 e. The van der Waals surface area contributed by atoms with E-state index in [0.29, 0.717) is 23.7 Å². The Kier molecular flexibility index (Phi) is 18.1. The number of rotatable bonds is 16. The Morgan fingerprint density at radius 2 is 1.33 bits per heavy atom. The van der Waals surface area contributed by atoms with Gasteiger partial charge in [-0.25, -0.2) is 4.79 Å². The third kappa shape index (κ3) is 11.0. The lowest BCUT2D eigenvalue weighted by molar-refractivity contribution is -0.310. The average molecular weight is 1030 g/mol. The Balaban J connectivity index is 0.847. The van der Waals surface area contributed by atoms with Crippen molar-refractivity contribution in [3.8, 4) is 0 Å². The summed E-state index contributed by atoms with van der Waals surface area (Å²) in [5.74, 6) is 4.34. The first-order valence-corrected chi connectivity index (χ1v) is 27.0. The minimum Gasteiger partial charge on any atom is -0.446 e. The van der Waals surface area contributed by atoms with Gasteiger partial charge in [-0.3, -0.25) is 0 Å². The van der Waals surface area contributed by atoms with Crippen LogP contribution in [-0.2, 0) is 33.2 Å². The highest BCUT2D eigenvalue weighted by atomic mass is 16.8. The van der Waals surface area contributed by atoms with Crippen LogP contribution in [0.4, 0.5) is 4.79 Å². The molecule has 0 aromatic rings. The van der Waals surface area contributed by atoms with Crippen LogP contribution in [0.3, 0.4) is 0 Å². The Morgan fingerprint density at radius 3 is 2.00 bits per heavy atom. The summed E-state index contributed by atoms with van der Waals surface area (Å²) in [7, 11) is 0. The number of hydrogen-bond acceptors (Lipinski definition) is 20. The molecule has 1 amide bonds. The van der Waals surface area contributed by atoms with E-state index in [9.17, 15) is 45.6 Å². The third-order valence-corrected chi connectivity index (χ3v) is 19.1. The van der Waals surface area contributed by atoms with Crippen LogP contribution in [0.2, 0.25) is 0 Å². The molecule has 3 aliphatic heterocycles. The van der Waals surface area contributed by atoms with Crippen LogP contribution < -0.4 is 28.3 Å². The van der Waals surface area contributed by atoms with Crippen LogP contribution in [0, 0.1) is 46.3 Å². The molecule has 72 heavy (non-hydrogen) atoms. The van der Waals surface area contributed by atoms with E-state index in [4.69, 9.17) is 56.1 Å². The molecule has 8 rings (SSSR count). The van der Waals surface area contributed by atoms with Crippen molar-refractivity contribution in [3.05, 3.63) is 11.6 Å². The molecule has 5 aliphatic carbocycles. The van der Waals surface area contributed by atoms with Gasteiger partial charge in [0.2, 0.25) is 0 Å². The largest absolute Gasteiger partial charge is 0.446 e. The molecular weight excluding hydrogens is 939 g/mol. The first-order chi connectivity index (χ1) is 34.1. The topological polar surface area (TPSA) is 360 Å². The number of carbonyl (C=O) groups is 1. The van der Waals surface area contributed by atoms with Gasteiger partial charge in [0.15, 0.2) is 18.9 Å². The first-order valence-electron chi connectivity index (χ1n) is 27.0. The smallest absolute Gasteiger partial charge is 0.407 e. The van der Waals surface area contributed by atoms with E-state index in [1.807, 2.05) is 0 Å². The zero-order valence-corrected chi connectivity index (χ0v) is 42.8. The average Bonchev–Trinajstić information content (AvgIpc) is 3.86. The van der Waals surface area contributed by atoms with Gasteiger partial charge in [0.1, 0.15) is 73.2 Å². The van der Waals surface area contributed by atoms with Crippen LogP contribution in [0.1, 0.15) is 112 Å². The molecule has 17 N–H and O–H groups in total.